The Morgan fingerprint density at radius 1 is 0.951 bits per heavy atom. The summed E-state index contributed by atoms with van der Waals surface area (Å²) in [5.74, 6) is 0.446. The van der Waals surface area contributed by atoms with Gasteiger partial charge >= 0.3 is 0 Å². The van der Waals surface area contributed by atoms with Crippen LogP contribution in [0.3, 0.4) is 0 Å². The highest BCUT2D eigenvalue weighted by molar-refractivity contribution is 7.92. The van der Waals surface area contributed by atoms with Crippen LogP contribution in [0.15, 0.2) is 108 Å². The maximum atomic E-state index is 14.0. The SMILES string of the molecule is Cn1c(CN(c2ccc3sc(C(=O)NCCc4ccccn4)cc3c2)S(=O)(=O)c2ccccc2)nc2ccccc21. The van der Waals surface area contributed by atoms with Gasteiger partial charge in [-0.3, -0.25) is 14.1 Å². The molecule has 0 radical (unpaired) electrons. The summed E-state index contributed by atoms with van der Waals surface area (Å²) in [4.78, 5) is 22.7. The third kappa shape index (κ3) is 5.44. The van der Waals surface area contributed by atoms with E-state index in [0.29, 0.717) is 29.4 Å². The Balaban J connectivity index is 1.32. The first-order valence-corrected chi connectivity index (χ1v) is 15.4. The molecule has 0 spiro atoms. The van der Waals surface area contributed by atoms with Gasteiger partial charge in [-0.15, -0.1) is 11.3 Å². The number of rotatable bonds is 9. The number of pyridine rings is 1. The number of hydrogen-bond donors (Lipinski definition) is 1. The molecule has 0 saturated carbocycles. The largest absolute Gasteiger partial charge is 0.351 e. The van der Waals surface area contributed by atoms with Crippen LogP contribution < -0.4 is 9.62 Å². The van der Waals surface area contributed by atoms with Gasteiger partial charge in [-0.05, 0) is 66.0 Å². The molecule has 0 unspecified atom stereocenters. The minimum Gasteiger partial charge on any atom is -0.351 e. The number of imidazole rings is 1. The average molecular weight is 582 g/mol. The summed E-state index contributed by atoms with van der Waals surface area (Å²) < 4.78 is 32.1. The maximum absolute atomic E-state index is 14.0. The highest BCUT2D eigenvalue weighted by atomic mass is 32.2. The van der Waals surface area contributed by atoms with Crippen molar-refractivity contribution in [3.63, 3.8) is 0 Å². The van der Waals surface area contributed by atoms with Crippen LogP contribution in [0.25, 0.3) is 21.1 Å². The lowest BCUT2D eigenvalue weighted by Gasteiger charge is -2.24. The number of amides is 1. The van der Waals surface area contributed by atoms with Crippen molar-refractivity contribution in [1.82, 2.24) is 19.9 Å². The van der Waals surface area contributed by atoms with Crippen molar-refractivity contribution in [3.05, 3.63) is 120 Å². The molecule has 1 N–H and O–H groups in total. The molecular weight excluding hydrogens is 555 g/mol. The van der Waals surface area contributed by atoms with E-state index in [1.54, 1.807) is 42.6 Å². The first-order chi connectivity index (χ1) is 19.9. The zero-order valence-electron chi connectivity index (χ0n) is 22.3. The van der Waals surface area contributed by atoms with E-state index in [9.17, 15) is 13.2 Å². The molecule has 0 saturated heterocycles. The van der Waals surface area contributed by atoms with Crippen LogP contribution in [-0.2, 0) is 30.0 Å². The molecule has 41 heavy (non-hydrogen) atoms. The molecule has 0 aliphatic heterocycles. The Hall–Kier alpha value is -4.54. The monoisotopic (exact) mass is 581 g/mol. The number of hydrogen-bond acceptors (Lipinski definition) is 6. The molecule has 0 bridgehead atoms. The number of sulfonamides is 1. The number of benzene rings is 3. The second-order valence-electron chi connectivity index (χ2n) is 9.56. The fraction of sp³-hybridized carbons (Fsp3) is 0.129. The minimum absolute atomic E-state index is 0.0406. The number of aromatic nitrogens is 3. The number of nitrogens with one attached hydrogen (secondary N) is 1. The predicted octanol–water partition coefficient (Wildman–Crippen LogP) is 5.55. The fourth-order valence-corrected chi connectivity index (χ4v) is 7.13. The van der Waals surface area contributed by atoms with E-state index < -0.39 is 10.0 Å². The van der Waals surface area contributed by atoms with Crippen molar-refractivity contribution >= 4 is 54.1 Å². The van der Waals surface area contributed by atoms with Gasteiger partial charge in [0.25, 0.3) is 15.9 Å². The summed E-state index contributed by atoms with van der Waals surface area (Å²) in [7, 11) is -2.04. The molecule has 0 aliphatic rings. The third-order valence-corrected chi connectivity index (χ3v) is 9.80. The van der Waals surface area contributed by atoms with E-state index in [4.69, 9.17) is 4.98 Å². The number of aryl methyl sites for hydroxylation is 1. The van der Waals surface area contributed by atoms with Crippen molar-refractivity contribution in [3.8, 4) is 0 Å². The van der Waals surface area contributed by atoms with Gasteiger partial charge in [-0.1, -0.05) is 36.4 Å². The standard InChI is InChI=1S/C31H27N5O3S2/c1-35-27-13-6-5-12-26(27)34-30(35)21-36(41(38,39)25-10-3-2-4-11-25)24-14-15-28-22(19-24)20-29(40-28)31(37)33-18-16-23-9-7-8-17-32-23/h2-15,17,19-20H,16,18,21H2,1H3,(H,33,37). The maximum Gasteiger partial charge on any atom is 0.264 e. The summed E-state index contributed by atoms with van der Waals surface area (Å²) in [6.07, 6.45) is 2.37. The van der Waals surface area contributed by atoms with Crippen molar-refractivity contribution in [1.29, 1.82) is 0 Å². The Morgan fingerprint density at radius 2 is 1.73 bits per heavy atom. The van der Waals surface area contributed by atoms with Crippen molar-refractivity contribution in [2.75, 3.05) is 10.8 Å². The highest BCUT2D eigenvalue weighted by Gasteiger charge is 2.27. The zero-order chi connectivity index (χ0) is 28.4. The summed E-state index contributed by atoms with van der Waals surface area (Å²) in [6, 6.07) is 29.1. The van der Waals surface area contributed by atoms with E-state index in [1.807, 2.05) is 72.3 Å². The van der Waals surface area contributed by atoms with Crippen LogP contribution in [0.1, 0.15) is 21.2 Å². The number of carbonyl (C=O) groups is 1. The molecule has 6 aromatic rings. The molecule has 3 heterocycles. The smallest absolute Gasteiger partial charge is 0.264 e. The second-order valence-corrected chi connectivity index (χ2v) is 12.5. The van der Waals surface area contributed by atoms with Crippen molar-refractivity contribution < 1.29 is 13.2 Å². The first-order valence-electron chi connectivity index (χ1n) is 13.1. The van der Waals surface area contributed by atoms with Gasteiger partial charge < -0.3 is 9.88 Å². The van der Waals surface area contributed by atoms with Gasteiger partial charge in [0.15, 0.2) is 0 Å². The second kappa shape index (κ2) is 11.1. The number of thiophene rings is 1. The summed E-state index contributed by atoms with van der Waals surface area (Å²) in [5, 5.41) is 3.75. The lowest BCUT2D eigenvalue weighted by atomic mass is 10.2. The molecule has 0 fully saturated rings. The number of carbonyl (C=O) groups excluding carboxylic acids is 1. The van der Waals surface area contributed by atoms with Crippen LogP contribution in [0.2, 0.25) is 0 Å². The summed E-state index contributed by atoms with van der Waals surface area (Å²) >= 11 is 1.37. The predicted molar refractivity (Wildman–Crippen MR) is 163 cm³/mol. The van der Waals surface area contributed by atoms with E-state index in [-0.39, 0.29) is 17.3 Å². The van der Waals surface area contributed by atoms with Crippen molar-refractivity contribution in [2.24, 2.45) is 7.05 Å². The Kier molecular flexibility index (Phi) is 7.25. The fourth-order valence-electron chi connectivity index (χ4n) is 4.74. The van der Waals surface area contributed by atoms with Gasteiger partial charge in [-0.2, -0.15) is 0 Å². The average Bonchev–Trinajstić information content (AvgIpc) is 3.57. The van der Waals surface area contributed by atoms with Crippen LogP contribution in [-0.4, -0.2) is 35.4 Å². The third-order valence-electron chi connectivity index (χ3n) is 6.90. The van der Waals surface area contributed by atoms with E-state index in [1.165, 1.54) is 15.6 Å². The lowest BCUT2D eigenvalue weighted by molar-refractivity contribution is 0.0958. The first kappa shape index (κ1) is 26.7. The van der Waals surface area contributed by atoms with Crippen LogP contribution in [0.4, 0.5) is 5.69 Å². The lowest BCUT2D eigenvalue weighted by Crippen LogP contribution is -2.31. The molecule has 8 nitrogen and oxygen atoms in total. The van der Waals surface area contributed by atoms with Crippen molar-refractivity contribution in [2.45, 2.75) is 17.9 Å². The van der Waals surface area contributed by atoms with Gasteiger partial charge in [-0.25, -0.2) is 13.4 Å². The molecule has 0 aliphatic carbocycles. The molecule has 3 aromatic heterocycles. The Morgan fingerprint density at radius 3 is 2.51 bits per heavy atom. The number of para-hydroxylation sites is 2. The van der Waals surface area contributed by atoms with E-state index in [2.05, 4.69) is 10.3 Å². The van der Waals surface area contributed by atoms with Crippen LogP contribution in [0, 0.1) is 0 Å². The molecular formula is C31H27N5O3S2. The minimum atomic E-state index is -3.92. The molecule has 3 aromatic carbocycles. The van der Waals surface area contributed by atoms with Gasteiger partial charge in [0.1, 0.15) is 5.82 Å². The van der Waals surface area contributed by atoms with Crippen LogP contribution in [0.5, 0.6) is 0 Å². The number of nitrogens with zero attached hydrogens (tertiary/aromatic N) is 4. The van der Waals surface area contributed by atoms with E-state index in [0.717, 1.165) is 26.8 Å². The molecule has 1 amide bonds. The molecule has 10 heteroatoms. The topological polar surface area (TPSA) is 97.2 Å². The number of anilines is 1. The Bertz CT molecular complexity index is 1950. The molecule has 206 valence electrons. The highest BCUT2D eigenvalue weighted by Crippen LogP contribution is 2.33. The van der Waals surface area contributed by atoms with Crippen LogP contribution >= 0.6 is 11.3 Å². The van der Waals surface area contributed by atoms with E-state index >= 15 is 0 Å². The van der Waals surface area contributed by atoms with Gasteiger partial charge in [0.2, 0.25) is 0 Å². The molecule has 0 atom stereocenters. The van der Waals surface area contributed by atoms with Gasteiger partial charge in [0, 0.05) is 36.6 Å². The molecule has 6 rings (SSSR count). The quantitative estimate of drug-likeness (QED) is 0.242. The Labute approximate surface area is 242 Å². The number of fused-ring (bicyclic) bond motifs is 2. The summed E-state index contributed by atoms with van der Waals surface area (Å²) in [5.41, 5.74) is 3.13. The summed E-state index contributed by atoms with van der Waals surface area (Å²) in [6.45, 7) is 0.509. The zero-order valence-corrected chi connectivity index (χ0v) is 23.9. The normalized spacial score (nSPS) is 11.6. The van der Waals surface area contributed by atoms with Gasteiger partial charge in [0.05, 0.1) is 33.0 Å².